The summed E-state index contributed by atoms with van der Waals surface area (Å²) in [5.41, 5.74) is 0. The number of hydroxylamine groups is 2. The first-order chi connectivity index (χ1) is 7.52. The van der Waals surface area contributed by atoms with Crippen molar-refractivity contribution in [1.29, 1.82) is 0 Å². The minimum Gasteiger partial charge on any atom is -0.390 e. The van der Waals surface area contributed by atoms with E-state index >= 15 is 0 Å². The SMILES string of the molecule is CN(O)C(=O)CCCn1ccnc1[N+](=O)[O-]. The molecule has 0 aromatic carbocycles. The van der Waals surface area contributed by atoms with Crippen molar-refractivity contribution >= 4 is 11.9 Å². The molecule has 16 heavy (non-hydrogen) atoms. The van der Waals surface area contributed by atoms with E-state index in [0.717, 1.165) is 0 Å². The van der Waals surface area contributed by atoms with Crippen molar-refractivity contribution in [2.24, 2.45) is 0 Å². The van der Waals surface area contributed by atoms with Crippen LogP contribution in [0.1, 0.15) is 12.8 Å². The van der Waals surface area contributed by atoms with Crippen molar-refractivity contribution in [2.45, 2.75) is 19.4 Å². The van der Waals surface area contributed by atoms with Crippen LogP contribution in [-0.4, -0.2) is 37.7 Å². The molecule has 0 aliphatic heterocycles. The van der Waals surface area contributed by atoms with Crippen LogP contribution in [0.3, 0.4) is 0 Å². The van der Waals surface area contributed by atoms with Gasteiger partial charge in [-0.1, -0.05) is 4.98 Å². The maximum absolute atomic E-state index is 11.0. The Kier molecular flexibility index (Phi) is 3.95. The quantitative estimate of drug-likeness (QED) is 0.447. The Balaban J connectivity index is 2.46. The van der Waals surface area contributed by atoms with Crippen LogP contribution in [0.4, 0.5) is 5.95 Å². The molecular formula is C8H12N4O4. The van der Waals surface area contributed by atoms with Gasteiger partial charge in [0.25, 0.3) is 0 Å². The Labute approximate surface area is 91.2 Å². The van der Waals surface area contributed by atoms with E-state index in [4.69, 9.17) is 5.21 Å². The zero-order valence-electron chi connectivity index (χ0n) is 8.74. The number of hydrogen-bond acceptors (Lipinski definition) is 5. The van der Waals surface area contributed by atoms with E-state index in [2.05, 4.69) is 4.98 Å². The molecule has 0 radical (unpaired) electrons. The number of aromatic nitrogens is 2. The average Bonchev–Trinajstić information content (AvgIpc) is 2.65. The van der Waals surface area contributed by atoms with E-state index < -0.39 is 10.8 Å². The van der Waals surface area contributed by atoms with Gasteiger partial charge >= 0.3 is 5.95 Å². The van der Waals surface area contributed by atoms with E-state index in [0.29, 0.717) is 18.0 Å². The number of aryl methyl sites for hydroxylation is 1. The predicted molar refractivity (Wildman–Crippen MR) is 52.7 cm³/mol. The number of imidazole rings is 1. The maximum Gasteiger partial charge on any atom is 0.434 e. The number of amides is 1. The fourth-order valence-corrected chi connectivity index (χ4v) is 1.21. The summed E-state index contributed by atoms with van der Waals surface area (Å²) in [4.78, 5) is 24.5. The van der Waals surface area contributed by atoms with Gasteiger partial charge in [-0.25, -0.2) is 9.63 Å². The van der Waals surface area contributed by atoms with Crippen LogP contribution in [0.15, 0.2) is 12.4 Å². The zero-order chi connectivity index (χ0) is 12.1. The van der Waals surface area contributed by atoms with Crippen LogP contribution >= 0.6 is 0 Å². The molecule has 1 rings (SSSR count). The normalized spacial score (nSPS) is 10.1. The average molecular weight is 228 g/mol. The molecule has 0 aliphatic rings. The fraction of sp³-hybridized carbons (Fsp3) is 0.500. The molecule has 0 atom stereocenters. The summed E-state index contributed by atoms with van der Waals surface area (Å²) in [6.07, 6.45) is 3.34. The lowest BCUT2D eigenvalue weighted by molar-refractivity contribution is -0.396. The lowest BCUT2D eigenvalue weighted by Crippen LogP contribution is -2.22. The molecule has 0 spiro atoms. The summed E-state index contributed by atoms with van der Waals surface area (Å²) in [5, 5.41) is 19.8. The summed E-state index contributed by atoms with van der Waals surface area (Å²) in [6.45, 7) is 0.315. The monoisotopic (exact) mass is 228 g/mol. The first-order valence-corrected chi connectivity index (χ1v) is 4.63. The van der Waals surface area contributed by atoms with Crippen molar-refractivity contribution in [3.63, 3.8) is 0 Å². The van der Waals surface area contributed by atoms with Crippen molar-refractivity contribution in [1.82, 2.24) is 14.6 Å². The van der Waals surface area contributed by atoms with Crippen molar-refractivity contribution in [3.05, 3.63) is 22.5 Å². The molecule has 0 aliphatic carbocycles. The van der Waals surface area contributed by atoms with Gasteiger partial charge in [0, 0.05) is 13.5 Å². The van der Waals surface area contributed by atoms with E-state index in [-0.39, 0.29) is 12.4 Å². The largest absolute Gasteiger partial charge is 0.434 e. The summed E-state index contributed by atoms with van der Waals surface area (Å²) >= 11 is 0. The van der Waals surface area contributed by atoms with Crippen molar-refractivity contribution in [2.75, 3.05) is 7.05 Å². The molecule has 8 nitrogen and oxygen atoms in total. The smallest absolute Gasteiger partial charge is 0.390 e. The minimum atomic E-state index is -0.583. The maximum atomic E-state index is 11.0. The highest BCUT2D eigenvalue weighted by atomic mass is 16.6. The van der Waals surface area contributed by atoms with E-state index in [1.165, 1.54) is 24.0 Å². The van der Waals surface area contributed by atoms with E-state index in [1.54, 1.807) is 0 Å². The topological polar surface area (TPSA) is 102 Å². The molecule has 0 unspecified atom stereocenters. The highest BCUT2D eigenvalue weighted by Gasteiger charge is 2.14. The van der Waals surface area contributed by atoms with Gasteiger partial charge in [-0.3, -0.25) is 10.0 Å². The Bertz CT molecular complexity index is 387. The molecular weight excluding hydrogens is 216 g/mol. The molecule has 1 N–H and O–H groups in total. The van der Waals surface area contributed by atoms with Crippen LogP contribution in [-0.2, 0) is 11.3 Å². The minimum absolute atomic E-state index is 0.127. The Morgan fingerprint density at radius 3 is 3.00 bits per heavy atom. The third-order valence-electron chi connectivity index (χ3n) is 2.01. The van der Waals surface area contributed by atoms with Gasteiger partial charge in [0.15, 0.2) is 0 Å². The van der Waals surface area contributed by atoms with Crippen molar-refractivity contribution < 1.29 is 14.9 Å². The van der Waals surface area contributed by atoms with Gasteiger partial charge in [0.05, 0.1) is 6.54 Å². The second kappa shape index (κ2) is 5.21. The summed E-state index contributed by atoms with van der Waals surface area (Å²) in [5.74, 6) is -0.674. The van der Waals surface area contributed by atoms with E-state index in [9.17, 15) is 14.9 Å². The summed E-state index contributed by atoms with van der Waals surface area (Å²) < 4.78 is 1.35. The van der Waals surface area contributed by atoms with Crippen LogP contribution < -0.4 is 0 Å². The van der Waals surface area contributed by atoms with Gasteiger partial charge in [0.1, 0.15) is 12.4 Å². The summed E-state index contributed by atoms with van der Waals surface area (Å²) in [6, 6.07) is 0. The number of hydrogen-bond donors (Lipinski definition) is 1. The molecule has 1 amide bonds. The number of nitrogens with zero attached hydrogens (tertiary/aromatic N) is 4. The van der Waals surface area contributed by atoms with Gasteiger partial charge < -0.3 is 10.1 Å². The predicted octanol–water partition coefficient (Wildman–Crippen LogP) is 0.419. The highest BCUT2D eigenvalue weighted by Crippen LogP contribution is 2.09. The molecule has 1 aromatic heterocycles. The van der Waals surface area contributed by atoms with Gasteiger partial charge in [-0.2, -0.15) is 0 Å². The van der Waals surface area contributed by atoms with Crippen molar-refractivity contribution in [3.8, 4) is 0 Å². The third-order valence-corrected chi connectivity index (χ3v) is 2.01. The number of carbonyl (C=O) groups excluding carboxylic acids is 1. The molecule has 1 aromatic rings. The molecule has 0 bridgehead atoms. The first-order valence-electron chi connectivity index (χ1n) is 4.63. The lowest BCUT2D eigenvalue weighted by Gasteiger charge is -2.07. The van der Waals surface area contributed by atoms with Gasteiger partial charge in [0.2, 0.25) is 5.91 Å². The van der Waals surface area contributed by atoms with Crippen LogP contribution in [0, 0.1) is 10.1 Å². The van der Waals surface area contributed by atoms with Gasteiger partial charge in [-0.05, 0) is 11.3 Å². The van der Waals surface area contributed by atoms with Crippen LogP contribution in [0.5, 0.6) is 0 Å². The number of carbonyl (C=O) groups is 1. The number of nitro groups is 1. The molecule has 8 heteroatoms. The molecule has 0 saturated carbocycles. The first kappa shape index (κ1) is 12.1. The second-order valence-electron chi connectivity index (χ2n) is 3.20. The molecule has 0 fully saturated rings. The standard InChI is InChI=1S/C8H12N4O4/c1-10(14)7(13)3-2-5-11-6-4-9-8(11)12(15)16/h4,6,14H,2-3,5H2,1H3. The van der Waals surface area contributed by atoms with Crippen LogP contribution in [0.25, 0.3) is 0 Å². The summed E-state index contributed by atoms with van der Waals surface area (Å²) in [7, 11) is 1.24. The lowest BCUT2D eigenvalue weighted by atomic mass is 10.3. The fourth-order valence-electron chi connectivity index (χ4n) is 1.21. The zero-order valence-corrected chi connectivity index (χ0v) is 8.74. The van der Waals surface area contributed by atoms with Gasteiger partial charge in [-0.15, -0.1) is 0 Å². The molecule has 1 heterocycles. The third kappa shape index (κ3) is 3.02. The second-order valence-corrected chi connectivity index (χ2v) is 3.20. The highest BCUT2D eigenvalue weighted by molar-refractivity contribution is 5.74. The van der Waals surface area contributed by atoms with Crippen LogP contribution in [0.2, 0.25) is 0 Å². The Morgan fingerprint density at radius 1 is 1.75 bits per heavy atom. The Hall–Kier alpha value is -1.96. The Morgan fingerprint density at radius 2 is 2.44 bits per heavy atom. The number of rotatable bonds is 5. The molecule has 88 valence electrons. The van der Waals surface area contributed by atoms with E-state index in [1.807, 2.05) is 0 Å². The molecule has 0 saturated heterocycles.